The average Bonchev–Trinajstić information content (AvgIpc) is 3.21. The molecule has 0 atom stereocenters. The van der Waals surface area contributed by atoms with Crippen molar-refractivity contribution < 1.29 is 19.0 Å². The molecule has 0 saturated carbocycles. The highest BCUT2D eigenvalue weighted by Gasteiger charge is 2.14. The number of methoxy groups -OCH3 is 1. The lowest BCUT2D eigenvalue weighted by molar-refractivity contribution is 0.0945. The molecule has 1 aliphatic rings. The maximum atomic E-state index is 12.4. The van der Waals surface area contributed by atoms with Crippen LogP contribution in [-0.4, -0.2) is 30.0 Å². The van der Waals surface area contributed by atoms with Gasteiger partial charge in [0, 0.05) is 6.54 Å². The molecule has 0 aliphatic carbocycles. The summed E-state index contributed by atoms with van der Waals surface area (Å²) in [4.78, 5) is 12.4. The molecule has 0 bridgehead atoms. The van der Waals surface area contributed by atoms with Crippen molar-refractivity contribution in [2.45, 2.75) is 13.5 Å². The maximum absolute atomic E-state index is 12.4. The molecule has 8 heteroatoms. The third-order valence-electron chi connectivity index (χ3n) is 4.40. The van der Waals surface area contributed by atoms with Gasteiger partial charge in [0.05, 0.1) is 12.8 Å². The summed E-state index contributed by atoms with van der Waals surface area (Å²) in [7, 11) is 1.61. The first-order valence-corrected chi connectivity index (χ1v) is 9.04. The van der Waals surface area contributed by atoms with Crippen LogP contribution in [0.4, 0.5) is 11.5 Å². The predicted octanol–water partition coefficient (Wildman–Crippen LogP) is 3.20. The highest BCUT2D eigenvalue weighted by molar-refractivity contribution is 5.92. The minimum absolute atomic E-state index is 0.218. The number of ether oxygens (including phenoxy) is 3. The topological polar surface area (TPSA) is 94.6 Å². The Kier molecular flexibility index (Phi) is 5.15. The molecule has 0 unspecified atom stereocenters. The number of nitrogens with zero attached hydrogens (tertiary/aromatic N) is 2. The standard InChI is InChI=1S/C21H20N4O4/c1-13-3-6-17(27-2)16(9-13)23-20-8-5-15(24-25-20)21(26)22-11-14-4-7-18-19(10-14)29-12-28-18/h3-10H,11-12H2,1-2H3,(H,22,26)(H,23,25). The summed E-state index contributed by atoms with van der Waals surface area (Å²) in [5.74, 6) is 2.29. The molecule has 0 spiro atoms. The number of fused-ring (bicyclic) bond motifs is 1. The van der Waals surface area contributed by atoms with Crippen LogP contribution in [0, 0.1) is 6.92 Å². The van der Waals surface area contributed by atoms with Gasteiger partial charge in [-0.25, -0.2) is 0 Å². The Bertz CT molecular complexity index is 1040. The van der Waals surface area contributed by atoms with Crippen LogP contribution in [0.1, 0.15) is 21.6 Å². The minimum Gasteiger partial charge on any atom is -0.495 e. The number of anilines is 2. The number of aromatic nitrogens is 2. The van der Waals surface area contributed by atoms with Crippen molar-refractivity contribution in [3.05, 3.63) is 65.4 Å². The van der Waals surface area contributed by atoms with E-state index in [9.17, 15) is 4.79 Å². The molecule has 4 rings (SSSR count). The van der Waals surface area contributed by atoms with Crippen LogP contribution in [0.2, 0.25) is 0 Å². The van der Waals surface area contributed by atoms with Gasteiger partial charge in [-0.15, -0.1) is 10.2 Å². The van der Waals surface area contributed by atoms with Gasteiger partial charge in [0.1, 0.15) is 5.75 Å². The SMILES string of the molecule is COc1ccc(C)cc1Nc1ccc(C(=O)NCc2ccc3c(c2)OCO3)nn1. The van der Waals surface area contributed by atoms with E-state index in [-0.39, 0.29) is 18.4 Å². The molecule has 29 heavy (non-hydrogen) atoms. The molecule has 3 aromatic rings. The molecule has 2 heterocycles. The Morgan fingerprint density at radius 2 is 1.93 bits per heavy atom. The van der Waals surface area contributed by atoms with Gasteiger partial charge < -0.3 is 24.8 Å². The van der Waals surface area contributed by atoms with Crippen molar-refractivity contribution in [1.29, 1.82) is 0 Å². The number of hydrogen-bond acceptors (Lipinski definition) is 7. The Hall–Kier alpha value is -3.81. The molecule has 1 amide bonds. The molecule has 8 nitrogen and oxygen atoms in total. The van der Waals surface area contributed by atoms with Crippen molar-refractivity contribution >= 4 is 17.4 Å². The lowest BCUT2D eigenvalue weighted by Gasteiger charge is -2.11. The normalized spacial score (nSPS) is 11.8. The third kappa shape index (κ3) is 4.21. The third-order valence-corrected chi connectivity index (χ3v) is 4.40. The summed E-state index contributed by atoms with van der Waals surface area (Å²) in [6, 6.07) is 14.7. The van der Waals surface area contributed by atoms with E-state index in [1.54, 1.807) is 19.2 Å². The average molecular weight is 392 g/mol. The molecule has 1 aromatic heterocycles. The fraction of sp³-hybridized carbons (Fsp3) is 0.190. The second-order valence-electron chi connectivity index (χ2n) is 6.50. The van der Waals surface area contributed by atoms with E-state index >= 15 is 0 Å². The Morgan fingerprint density at radius 1 is 1.07 bits per heavy atom. The van der Waals surface area contributed by atoms with Crippen LogP contribution in [0.15, 0.2) is 48.5 Å². The first-order chi connectivity index (χ1) is 14.1. The van der Waals surface area contributed by atoms with Crippen molar-refractivity contribution in [3.63, 3.8) is 0 Å². The van der Waals surface area contributed by atoms with E-state index < -0.39 is 0 Å². The number of benzene rings is 2. The molecule has 2 aromatic carbocycles. The smallest absolute Gasteiger partial charge is 0.272 e. The van der Waals surface area contributed by atoms with E-state index in [0.717, 1.165) is 16.8 Å². The highest BCUT2D eigenvalue weighted by Crippen LogP contribution is 2.32. The fourth-order valence-corrected chi connectivity index (χ4v) is 2.90. The van der Waals surface area contributed by atoms with E-state index in [4.69, 9.17) is 14.2 Å². The molecular weight excluding hydrogens is 372 g/mol. The second kappa shape index (κ2) is 8.05. The lowest BCUT2D eigenvalue weighted by atomic mass is 10.2. The summed E-state index contributed by atoms with van der Waals surface area (Å²) in [6.07, 6.45) is 0. The van der Waals surface area contributed by atoms with Gasteiger partial charge in [0.25, 0.3) is 5.91 Å². The summed E-state index contributed by atoms with van der Waals surface area (Å²) in [5, 5.41) is 14.1. The lowest BCUT2D eigenvalue weighted by Crippen LogP contribution is -2.24. The van der Waals surface area contributed by atoms with Gasteiger partial charge in [0.2, 0.25) is 6.79 Å². The summed E-state index contributed by atoms with van der Waals surface area (Å²) in [6.45, 7) is 2.55. The monoisotopic (exact) mass is 392 g/mol. The number of aryl methyl sites for hydroxylation is 1. The number of carbonyl (C=O) groups excluding carboxylic acids is 1. The van der Waals surface area contributed by atoms with E-state index in [2.05, 4.69) is 20.8 Å². The van der Waals surface area contributed by atoms with Crippen LogP contribution in [-0.2, 0) is 6.54 Å². The van der Waals surface area contributed by atoms with Crippen LogP contribution in [0.25, 0.3) is 0 Å². The van der Waals surface area contributed by atoms with E-state index in [1.807, 2.05) is 43.3 Å². The number of carbonyl (C=O) groups is 1. The molecule has 2 N–H and O–H groups in total. The second-order valence-corrected chi connectivity index (χ2v) is 6.50. The molecule has 0 fully saturated rings. The quantitative estimate of drug-likeness (QED) is 0.665. The predicted molar refractivity (Wildman–Crippen MR) is 107 cm³/mol. The van der Waals surface area contributed by atoms with Gasteiger partial charge >= 0.3 is 0 Å². The van der Waals surface area contributed by atoms with Crippen molar-refractivity contribution in [2.75, 3.05) is 19.2 Å². The summed E-state index contributed by atoms with van der Waals surface area (Å²) >= 11 is 0. The molecular formula is C21H20N4O4. The zero-order valence-electron chi connectivity index (χ0n) is 16.1. The van der Waals surface area contributed by atoms with Crippen LogP contribution in [0.5, 0.6) is 17.2 Å². The van der Waals surface area contributed by atoms with Crippen molar-refractivity contribution in [3.8, 4) is 17.2 Å². The molecule has 148 valence electrons. The van der Waals surface area contributed by atoms with E-state index in [1.165, 1.54) is 0 Å². The summed E-state index contributed by atoms with van der Waals surface area (Å²) < 4.78 is 16.0. The van der Waals surface area contributed by atoms with Gasteiger partial charge in [-0.05, 0) is 54.4 Å². The minimum atomic E-state index is -0.310. The Balaban J connectivity index is 1.38. The van der Waals surface area contributed by atoms with Crippen LogP contribution in [0.3, 0.4) is 0 Å². The fourth-order valence-electron chi connectivity index (χ4n) is 2.90. The Labute approximate surface area is 167 Å². The number of amides is 1. The van der Waals surface area contributed by atoms with Gasteiger partial charge in [0.15, 0.2) is 23.0 Å². The first-order valence-electron chi connectivity index (χ1n) is 9.04. The Morgan fingerprint density at radius 3 is 2.72 bits per heavy atom. The van der Waals surface area contributed by atoms with Gasteiger partial charge in [-0.1, -0.05) is 12.1 Å². The summed E-state index contributed by atoms with van der Waals surface area (Å²) in [5.41, 5.74) is 3.00. The number of nitrogens with one attached hydrogen (secondary N) is 2. The van der Waals surface area contributed by atoms with Crippen LogP contribution >= 0.6 is 0 Å². The van der Waals surface area contributed by atoms with E-state index in [0.29, 0.717) is 29.6 Å². The maximum Gasteiger partial charge on any atom is 0.272 e. The largest absolute Gasteiger partial charge is 0.495 e. The molecule has 0 saturated heterocycles. The molecule has 0 radical (unpaired) electrons. The number of hydrogen-bond donors (Lipinski definition) is 2. The number of rotatable bonds is 6. The zero-order valence-corrected chi connectivity index (χ0v) is 16.1. The molecule has 1 aliphatic heterocycles. The van der Waals surface area contributed by atoms with Crippen LogP contribution < -0.4 is 24.8 Å². The van der Waals surface area contributed by atoms with Gasteiger partial charge in [-0.3, -0.25) is 4.79 Å². The highest BCUT2D eigenvalue weighted by atomic mass is 16.7. The van der Waals surface area contributed by atoms with Crippen molar-refractivity contribution in [1.82, 2.24) is 15.5 Å². The zero-order chi connectivity index (χ0) is 20.2. The van der Waals surface area contributed by atoms with Gasteiger partial charge in [-0.2, -0.15) is 0 Å². The first kappa shape index (κ1) is 18.5. The van der Waals surface area contributed by atoms with Crippen molar-refractivity contribution in [2.24, 2.45) is 0 Å².